The number of aryl methyl sites for hydroxylation is 1. The summed E-state index contributed by atoms with van der Waals surface area (Å²) in [6.07, 6.45) is 5.23. The van der Waals surface area contributed by atoms with Crippen molar-refractivity contribution < 1.29 is 9.59 Å². The first-order valence-corrected chi connectivity index (χ1v) is 12.6. The molecule has 1 aromatic heterocycles. The predicted molar refractivity (Wildman–Crippen MR) is 136 cm³/mol. The third kappa shape index (κ3) is 5.10. The number of hydrogen-bond acceptors (Lipinski definition) is 3. The monoisotopic (exact) mass is 477 g/mol. The largest absolute Gasteiger partial charge is 0.331 e. The van der Waals surface area contributed by atoms with Gasteiger partial charge in [0.05, 0.1) is 11.7 Å². The Bertz CT molecular complexity index is 1180. The molecule has 2 aromatic carbocycles. The first-order chi connectivity index (χ1) is 16.4. The lowest BCUT2D eigenvalue weighted by molar-refractivity contribution is 0.0634. The molecule has 1 amide bonds. The van der Waals surface area contributed by atoms with E-state index in [9.17, 15) is 9.59 Å². The fourth-order valence-corrected chi connectivity index (χ4v) is 4.82. The van der Waals surface area contributed by atoms with E-state index in [2.05, 4.69) is 13.8 Å². The lowest BCUT2D eigenvalue weighted by Gasteiger charge is -2.34. The molecule has 0 radical (unpaired) electrons. The molecule has 0 saturated carbocycles. The number of benzene rings is 2. The molecule has 6 heteroatoms. The molecule has 4 rings (SSSR count). The molecule has 0 spiro atoms. The highest BCUT2D eigenvalue weighted by Gasteiger charge is 2.33. The maximum Gasteiger partial charge on any atom is 0.272 e. The zero-order chi connectivity index (χ0) is 24.2. The second kappa shape index (κ2) is 10.6. The van der Waals surface area contributed by atoms with E-state index < -0.39 is 0 Å². The molecule has 2 heterocycles. The van der Waals surface area contributed by atoms with Crippen LogP contribution in [0.2, 0.25) is 5.02 Å². The highest BCUT2D eigenvalue weighted by molar-refractivity contribution is 6.30. The van der Waals surface area contributed by atoms with Gasteiger partial charge >= 0.3 is 0 Å². The Labute approximate surface area is 206 Å². The van der Waals surface area contributed by atoms with Gasteiger partial charge in [-0.1, -0.05) is 69.0 Å². The Balaban J connectivity index is 1.68. The van der Waals surface area contributed by atoms with Crippen LogP contribution in [0.4, 0.5) is 0 Å². The summed E-state index contributed by atoms with van der Waals surface area (Å²) in [4.78, 5) is 27.5. The number of hydrogen-bond donors (Lipinski definition) is 0. The average molecular weight is 478 g/mol. The molecule has 1 unspecified atom stereocenters. The lowest BCUT2D eigenvalue weighted by Crippen LogP contribution is -2.43. The van der Waals surface area contributed by atoms with Gasteiger partial charge in [-0.2, -0.15) is 5.10 Å². The highest BCUT2D eigenvalue weighted by Crippen LogP contribution is 2.31. The summed E-state index contributed by atoms with van der Waals surface area (Å²) < 4.78 is 1.94. The van der Waals surface area contributed by atoms with E-state index in [4.69, 9.17) is 16.7 Å². The van der Waals surface area contributed by atoms with Crippen LogP contribution in [0.25, 0.3) is 11.3 Å². The van der Waals surface area contributed by atoms with Gasteiger partial charge in [0.25, 0.3) is 5.91 Å². The van der Waals surface area contributed by atoms with Crippen LogP contribution in [0.15, 0.2) is 48.5 Å². The van der Waals surface area contributed by atoms with Crippen LogP contribution in [0, 0.1) is 0 Å². The lowest BCUT2D eigenvalue weighted by atomic mass is 9.98. The van der Waals surface area contributed by atoms with E-state index in [0.29, 0.717) is 29.4 Å². The van der Waals surface area contributed by atoms with Gasteiger partial charge in [0.1, 0.15) is 5.69 Å². The van der Waals surface area contributed by atoms with Crippen molar-refractivity contribution in [1.29, 1.82) is 0 Å². The number of rotatable bonds is 9. The first-order valence-electron chi connectivity index (χ1n) is 12.2. The molecular formula is C28H32ClN3O2. The summed E-state index contributed by atoms with van der Waals surface area (Å²) >= 11 is 6.06. The minimum Gasteiger partial charge on any atom is -0.331 e. The summed E-state index contributed by atoms with van der Waals surface area (Å²) in [5.74, 6) is 0.0201. The molecule has 0 bridgehead atoms. The van der Waals surface area contributed by atoms with Crippen molar-refractivity contribution in [2.24, 2.45) is 0 Å². The summed E-state index contributed by atoms with van der Waals surface area (Å²) in [5, 5.41) is 5.53. The van der Waals surface area contributed by atoms with Gasteiger partial charge in [-0.25, -0.2) is 0 Å². The maximum absolute atomic E-state index is 13.6. The van der Waals surface area contributed by atoms with Gasteiger partial charge in [-0.15, -0.1) is 0 Å². The predicted octanol–water partition coefficient (Wildman–Crippen LogP) is 6.75. The Kier molecular flexibility index (Phi) is 7.52. The van der Waals surface area contributed by atoms with Crippen LogP contribution in [-0.4, -0.2) is 32.9 Å². The van der Waals surface area contributed by atoms with Crippen LogP contribution in [-0.2, 0) is 13.0 Å². The van der Waals surface area contributed by atoms with Crippen molar-refractivity contribution in [3.05, 3.63) is 75.9 Å². The molecule has 5 nitrogen and oxygen atoms in total. The van der Waals surface area contributed by atoms with Crippen molar-refractivity contribution in [1.82, 2.24) is 14.7 Å². The Morgan fingerprint density at radius 2 is 1.82 bits per heavy atom. The quantitative estimate of drug-likeness (QED) is 0.253. The second-order valence-electron chi connectivity index (χ2n) is 9.09. The van der Waals surface area contributed by atoms with E-state index in [1.54, 1.807) is 6.92 Å². The molecule has 1 aliphatic rings. The fraction of sp³-hybridized carbons (Fsp3) is 0.393. The van der Waals surface area contributed by atoms with Gasteiger partial charge in [0, 0.05) is 29.2 Å². The Hall–Kier alpha value is -2.92. The molecule has 0 saturated heterocycles. The Morgan fingerprint density at radius 3 is 2.50 bits per heavy atom. The van der Waals surface area contributed by atoms with Crippen molar-refractivity contribution in [2.45, 2.75) is 65.5 Å². The molecular weight excluding hydrogens is 446 g/mol. The van der Waals surface area contributed by atoms with Crippen LogP contribution in [0.5, 0.6) is 0 Å². The van der Waals surface area contributed by atoms with Crippen molar-refractivity contribution >= 4 is 23.3 Å². The number of aromatic nitrogens is 2. The smallest absolute Gasteiger partial charge is 0.272 e. The van der Waals surface area contributed by atoms with Crippen LogP contribution < -0.4 is 0 Å². The van der Waals surface area contributed by atoms with Crippen LogP contribution in [0.1, 0.15) is 84.5 Å². The third-order valence-corrected chi connectivity index (χ3v) is 6.91. The minimum absolute atomic E-state index is 0.0188. The van der Waals surface area contributed by atoms with Gasteiger partial charge in [0.2, 0.25) is 0 Å². The van der Waals surface area contributed by atoms with Crippen molar-refractivity contribution in [3.63, 3.8) is 0 Å². The van der Waals surface area contributed by atoms with E-state index in [-0.39, 0.29) is 17.7 Å². The number of unbranched alkanes of at least 4 members (excludes halogenated alkanes) is 2. The fourth-order valence-electron chi connectivity index (χ4n) is 4.69. The highest BCUT2D eigenvalue weighted by atomic mass is 35.5. The number of halogens is 1. The minimum atomic E-state index is -0.0188. The zero-order valence-corrected chi connectivity index (χ0v) is 20.9. The second-order valence-corrected chi connectivity index (χ2v) is 9.53. The average Bonchev–Trinajstić information content (AvgIpc) is 3.28. The number of Topliss-reactive ketones (excluding diaryl/α,β-unsaturated/α-hetero) is 1. The van der Waals surface area contributed by atoms with Gasteiger partial charge in [0.15, 0.2) is 5.78 Å². The number of carbonyl (C=O) groups is 2. The van der Waals surface area contributed by atoms with Crippen LogP contribution in [0.3, 0.4) is 0 Å². The molecule has 0 fully saturated rings. The number of ketones is 1. The summed E-state index contributed by atoms with van der Waals surface area (Å²) in [6, 6.07) is 15.4. The number of fused-ring (bicyclic) bond motifs is 1. The van der Waals surface area contributed by atoms with Gasteiger partial charge in [-0.3, -0.25) is 14.3 Å². The standard InChI is InChI=1S/C28H32ClN3O2/c1-4-6-7-8-25-18-31(17-23-15-22(19(3)33)10-9-20(23)5-2)28(34)27-16-26(30-32(25)27)21-11-13-24(29)14-12-21/h9-16,25H,4-8,17-18H2,1-3H3. The molecule has 0 aliphatic carbocycles. The molecule has 178 valence electrons. The summed E-state index contributed by atoms with van der Waals surface area (Å²) in [7, 11) is 0. The SMILES string of the molecule is CCCCCC1CN(Cc2cc(C(C)=O)ccc2CC)C(=O)c2cc(-c3ccc(Cl)cc3)nn21. The number of amides is 1. The zero-order valence-electron chi connectivity index (χ0n) is 20.2. The van der Waals surface area contributed by atoms with E-state index >= 15 is 0 Å². The molecule has 34 heavy (non-hydrogen) atoms. The summed E-state index contributed by atoms with van der Waals surface area (Å²) in [5.41, 5.74) is 5.25. The van der Waals surface area contributed by atoms with E-state index in [1.165, 1.54) is 5.56 Å². The van der Waals surface area contributed by atoms with Crippen molar-refractivity contribution in [3.8, 4) is 11.3 Å². The topological polar surface area (TPSA) is 55.2 Å². The molecule has 3 aromatic rings. The summed E-state index contributed by atoms with van der Waals surface area (Å²) in [6.45, 7) is 6.99. The van der Waals surface area contributed by atoms with E-state index in [0.717, 1.165) is 48.9 Å². The Morgan fingerprint density at radius 1 is 1.06 bits per heavy atom. The third-order valence-electron chi connectivity index (χ3n) is 6.65. The molecule has 1 atom stereocenters. The van der Waals surface area contributed by atoms with Crippen molar-refractivity contribution in [2.75, 3.05) is 6.54 Å². The first kappa shape index (κ1) is 24.2. The maximum atomic E-state index is 13.6. The molecule has 1 aliphatic heterocycles. The van der Waals surface area contributed by atoms with Crippen LogP contribution >= 0.6 is 11.6 Å². The normalized spacial score (nSPS) is 15.5. The number of nitrogens with zero attached hydrogens (tertiary/aromatic N) is 3. The van der Waals surface area contributed by atoms with E-state index in [1.807, 2.05) is 58.1 Å². The van der Waals surface area contributed by atoms with Gasteiger partial charge < -0.3 is 4.90 Å². The molecule has 0 N–H and O–H groups in total. The van der Waals surface area contributed by atoms with Gasteiger partial charge in [-0.05, 0) is 55.2 Å². The number of carbonyl (C=O) groups excluding carboxylic acids is 2.